The first kappa shape index (κ1) is 20.7. The Bertz CT molecular complexity index is 1390. The Hall–Kier alpha value is -4.23. The van der Waals surface area contributed by atoms with Crippen LogP contribution in [0.2, 0.25) is 0 Å². The molecule has 0 saturated carbocycles. The number of anilines is 2. The van der Waals surface area contributed by atoms with Crippen LogP contribution in [0.1, 0.15) is 20.7 Å². The maximum atomic E-state index is 13.3. The van der Waals surface area contributed by atoms with Crippen LogP contribution in [0.5, 0.6) is 0 Å². The number of sulfone groups is 1. The molecule has 0 aromatic heterocycles. The van der Waals surface area contributed by atoms with E-state index in [-0.39, 0.29) is 21.6 Å². The van der Waals surface area contributed by atoms with Crippen LogP contribution >= 0.6 is 0 Å². The fourth-order valence-electron chi connectivity index (χ4n) is 3.79. The van der Waals surface area contributed by atoms with Crippen molar-refractivity contribution in [3.05, 3.63) is 108 Å². The summed E-state index contributed by atoms with van der Waals surface area (Å²) in [6, 6.07) is 27.0. The molecule has 0 radical (unpaired) electrons. The fourth-order valence-corrected chi connectivity index (χ4v) is 5.53. The Morgan fingerprint density at radius 3 is 1.33 bits per heavy atom. The van der Waals surface area contributed by atoms with Gasteiger partial charge in [-0.2, -0.15) is 0 Å². The highest BCUT2D eigenvalue weighted by Gasteiger charge is 2.33. The molecule has 0 unspecified atom stereocenters. The molecule has 2 amide bonds. The van der Waals surface area contributed by atoms with Crippen molar-refractivity contribution in [2.45, 2.75) is 9.79 Å². The Labute approximate surface area is 190 Å². The summed E-state index contributed by atoms with van der Waals surface area (Å²) in [7, 11) is -3.81. The maximum Gasteiger partial charge on any atom is 0.255 e. The first-order valence-corrected chi connectivity index (χ1v) is 11.7. The van der Waals surface area contributed by atoms with Gasteiger partial charge in [0.05, 0.1) is 9.79 Å². The molecule has 5 rings (SSSR count). The van der Waals surface area contributed by atoms with Gasteiger partial charge >= 0.3 is 0 Å². The molecule has 1 aliphatic rings. The molecule has 6 nitrogen and oxygen atoms in total. The number of carbonyl (C=O) groups is 2. The van der Waals surface area contributed by atoms with Crippen LogP contribution in [0.4, 0.5) is 11.4 Å². The maximum absolute atomic E-state index is 13.3. The number of nitrogens with one attached hydrogen (secondary N) is 2. The number of rotatable bonds is 4. The third-order valence-corrected chi connectivity index (χ3v) is 7.25. The van der Waals surface area contributed by atoms with E-state index in [2.05, 4.69) is 10.6 Å². The van der Waals surface area contributed by atoms with Crippen LogP contribution in [0.15, 0.2) is 107 Å². The average Bonchev–Trinajstić information content (AvgIpc) is 3.06. The molecule has 0 bridgehead atoms. The molecular formula is C26H18N2O4S. The van der Waals surface area contributed by atoms with Gasteiger partial charge in [-0.3, -0.25) is 9.59 Å². The minimum absolute atomic E-state index is 0.120. The standard InChI is InChI=1S/C26H18N2O4S/c29-25(17-7-3-1-4-8-17)27-19-11-13-21-22-14-12-20(16-24(22)33(31,32)23(21)15-19)28-26(30)18-9-5-2-6-10-18/h1-16H,(H,27,29)(H,28,30). The van der Waals surface area contributed by atoms with Crippen LogP contribution in [0.3, 0.4) is 0 Å². The van der Waals surface area contributed by atoms with Gasteiger partial charge in [0.2, 0.25) is 9.84 Å². The van der Waals surface area contributed by atoms with E-state index in [1.807, 2.05) is 12.1 Å². The van der Waals surface area contributed by atoms with Crippen molar-refractivity contribution in [3.63, 3.8) is 0 Å². The summed E-state index contributed by atoms with van der Waals surface area (Å²) in [5.41, 5.74) is 2.84. The normalized spacial score (nSPS) is 13.0. The summed E-state index contributed by atoms with van der Waals surface area (Å²) in [5.74, 6) is -0.649. The van der Waals surface area contributed by atoms with Gasteiger partial charge in [-0.15, -0.1) is 0 Å². The molecule has 162 valence electrons. The minimum atomic E-state index is -3.81. The highest BCUT2D eigenvalue weighted by molar-refractivity contribution is 7.92. The van der Waals surface area contributed by atoms with Gasteiger partial charge in [-0.25, -0.2) is 8.42 Å². The van der Waals surface area contributed by atoms with Crippen molar-refractivity contribution in [2.24, 2.45) is 0 Å². The van der Waals surface area contributed by atoms with Crippen molar-refractivity contribution in [1.29, 1.82) is 0 Å². The van der Waals surface area contributed by atoms with Crippen molar-refractivity contribution in [3.8, 4) is 11.1 Å². The molecule has 0 spiro atoms. The summed E-state index contributed by atoms with van der Waals surface area (Å²) >= 11 is 0. The van der Waals surface area contributed by atoms with E-state index in [0.717, 1.165) is 0 Å². The Kier molecular flexibility index (Phi) is 5.03. The van der Waals surface area contributed by atoms with Gasteiger partial charge in [-0.1, -0.05) is 48.5 Å². The largest absolute Gasteiger partial charge is 0.322 e. The second-order valence-electron chi connectivity index (χ2n) is 7.57. The molecule has 0 aliphatic carbocycles. The number of benzene rings is 4. The molecule has 7 heteroatoms. The zero-order chi connectivity index (χ0) is 23.0. The Morgan fingerprint density at radius 1 is 0.545 bits per heavy atom. The van der Waals surface area contributed by atoms with Crippen molar-refractivity contribution >= 4 is 33.0 Å². The first-order chi connectivity index (χ1) is 15.9. The topological polar surface area (TPSA) is 92.3 Å². The van der Waals surface area contributed by atoms with Gasteiger partial charge in [-0.05, 0) is 48.5 Å². The molecule has 0 atom stereocenters. The summed E-state index contributed by atoms with van der Waals surface area (Å²) < 4.78 is 26.5. The smallest absolute Gasteiger partial charge is 0.255 e. The predicted molar refractivity (Wildman–Crippen MR) is 126 cm³/mol. The van der Waals surface area contributed by atoms with Crippen molar-refractivity contribution in [2.75, 3.05) is 10.6 Å². The van der Waals surface area contributed by atoms with Crippen LogP contribution in [0, 0.1) is 0 Å². The highest BCUT2D eigenvalue weighted by atomic mass is 32.2. The van der Waals surface area contributed by atoms with Crippen LogP contribution < -0.4 is 10.6 Å². The van der Waals surface area contributed by atoms with E-state index in [1.54, 1.807) is 72.8 Å². The number of carbonyl (C=O) groups excluding carboxylic acids is 2. The molecule has 1 heterocycles. The van der Waals surface area contributed by atoms with E-state index in [4.69, 9.17) is 0 Å². The zero-order valence-electron chi connectivity index (χ0n) is 17.3. The summed E-state index contributed by atoms with van der Waals surface area (Å²) in [6.45, 7) is 0. The number of hydrogen-bond acceptors (Lipinski definition) is 4. The third kappa shape index (κ3) is 3.79. The molecule has 4 aromatic carbocycles. The van der Waals surface area contributed by atoms with Crippen molar-refractivity contribution in [1.82, 2.24) is 0 Å². The van der Waals surface area contributed by atoms with Gasteiger partial charge in [0.25, 0.3) is 11.8 Å². The molecule has 4 aromatic rings. The van der Waals surface area contributed by atoms with Crippen LogP contribution in [-0.4, -0.2) is 20.2 Å². The van der Waals surface area contributed by atoms with Gasteiger partial charge < -0.3 is 10.6 Å². The lowest BCUT2D eigenvalue weighted by atomic mass is 10.0. The SMILES string of the molecule is O=C(Nc1ccc2c(c1)S(=O)(=O)c1cc(NC(=O)c3ccccc3)ccc1-2)c1ccccc1. The van der Waals surface area contributed by atoms with E-state index in [0.29, 0.717) is 33.6 Å². The Morgan fingerprint density at radius 2 is 0.939 bits per heavy atom. The van der Waals surface area contributed by atoms with Crippen LogP contribution in [0.25, 0.3) is 11.1 Å². The van der Waals surface area contributed by atoms with E-state index < -0.39 is 9.84 Å². The Balaban J connectivity index is 1.44. The number of fused-ring (bicyclic) bond motifs is 3. The van der Waals surface area contributed by atoms with Gasteiger partial charge in [0.1, 0.15) is 0 Å². The summed E-state index contributed by atoms with van der Waals surface area (Å²) in [5, 5.41) is 5.50. The lowest BCUT2D eigenvalue weighted by molar-refractivity contribution is 0.101. The number of amides is 2. The molecular weight excluding hydrogens is 436 g/mol. The van der Waals surface area contributed by atoms with Crippen molar-refractivity contribution < 1.29 is 18.0 Å². The minimum Gasteiger partial charge on any atom is -0.322 e. The van der Waals surface area contributed by atoms with E-state index in [1.165, 1.54) is 12.1 Å². The lowest BCUT2D eigenvalue weighted by Gasteiger charge is -2.07. The van der Waals surface area contributed by atoms with Crippen LogP contribution in [-0.2, 0) is 9.84 Å². The van der Waals surface area contributed by atoms with Gasteiger partial charge in [0.15, 0.2) is 0 Å². The molecule has 0 fully saturated rings. The molecule has 0 saturated heterocycles. The van der Waals surface area contributed by atoms with E-state index >= 15 is 0 Å². The monoisotopic (exact) mass is 454 g/mol. The third-order valence-electron chi connectivity index (χ3n) is 5.42. The lowest BCUT2D eigenvalue weighted by Crippen LogP contribution is -2.12. The van der Waals surface area contributed by atoms with Gasteiger partial charge in [0, 0.05) is 33.6 Å². The fraction of sp³-hybridized carbons (Fsp3) is 0. The zero-order valence-corrected chi connectivity index (χ0v) is 18.1. The first-order valence-electron chi connectivity index (χ1n) is 10.2. The molecule has 1 aliphatic heterocycles. The predicted octanol–water partition coefficient (Wildman–Crippen LogP) is 5.00. The summed E-state index contributed by atoms with van der Waals surface area (Å²) in [6.07, 6.45) is 0. The quantitative estimate of drug-likeness (QED) is 0.400. The highest BCUT2D eigenvalue weighted by Crippen LogP contribution is 2.45. The number of hydrogen-bond donors (Lipinski definition) is 2. The second kappa shape index (κ2) is 8.03. The molecule has 33 heavy (non-hydrogen) atoms. The summed E-state index contributed by atoms with van der Waals surface area (Å²) in [4.78, 5) is 25.2. The van der Waals surface area contributed by atoms with E-state index in [9.17, 15) is 18.0 Å². The second-order valence-corrected chi connectivity index (χ2v) is 9.45. The average molecular weight is 455 g/mol. The molecule has 2 N–H and O–H groups in total.